The van der Waals surface area contributed by atoms with Crippen LogP contribution >= 0.6 is 0 Å². The lowest BCUT2D eigenvalue weighted by Gasteiger charge is -2.07. The highest BCUT2D eigenvalue weighted by molar-refractivity contribution is 6.07. The quantitative estimate of drug-likeness (QED) is 0.788. The minimum atomic E-state index is -2.71. The molecule has 0 radical (unpaired) electrons. The van der Waals surface area contributed by atoms with Crippen molar-refractivity contribution in [1.29, 1.82) is 0 Å². The van der Waals surface area contributed by atoms with E-state index in [1.807, 2.05) is 0 Å². The van der Waals surface area contributed by atoms with Crippen molar-refractivity contribution in [2.24, 2.45) is 7.05 Å². The molecule has 1 N–H and O–H groups in total. The number of halogens is 2. The zero-order valence-corrected chi connectivity index (χ0v) is 12.6. The molecule has 24 heavy (non-hydrogen) atoms. The first kappa shape index (κ1) is 14.7. The Labute approximate surface area is 134 Å². The predicted molar refractivity (Wildman–Crippen MR) is 78.9 cm³/mol. The van der Waals surface area contributed by atoms with Crippen molar-refractivity contribution in [1.82, 2.24) is 29.4 Å². The molecule has 0 spiro atoms. The van der Waals surface area contributed by atoms with Crippen LogP contribution in [-0.2, 0) is 7.05 Å². The maximum Gasteiger partial charge on any atom is 0.280 e. The number of nitrogens with zero attached hydrogens (tertiary/aromatic N) is 6. The van der Waals surface area contributed by atoms with E-state index in [0.717, 1.165) is 17.4 Å². The van der Waals surface area contributed by atoms with Crippen molar-refractivity contribution < 1.29 is 13.6 Å². The highest BCUT2D eigenvalue weighted by Gasteiger charge is 2.29. The van der Waals surface area contributed by atoms with Crippen LogP contribution in [0.4, 0.5) is 14.7 Å². The molecule has 8 nitrogen and oxygen atoms in total. The molecule has 1 aliphatic rings. The minimum Gasteiger partial charge on any atom is -0.303 e. The molecule has 0 unspecified atom stereocenters. The van der Waals surface area contributed by atoms with E-state index >= 15 is 0 Å². The van der Waals surface area contributed by atoms with Crippen molar-refractivity contribution in [3.8, 4) is 0 Å². The summed E-state index contributed by atoms with van der Waals surface area (Å²) in [5.74, 6) is -0.106. The van der Waals surface area contributed by atoms with Crippen LogP contribution < -0.4 is 5.32 Å². The number of aromatic nitrogens is 6. The molecule has 124 valence electrons. The van der Waals surface area contributed by atoms with Crippen LogP contribution in [0.15, 0.2) is 18.6 Å². The van der Waals surface area contributed by atoms with Crippen LogP contribution in [0.25, 0.3) is 5.65 Å². The Hall–Kier alpha value is -2.91. The molecule has 0 saturated heterocycles. The van der Waals surface area contributed by atoms with Gasteiger partial charge in [-0.25, -0.2) is 18.3 Å². The Morgan fingerprint density at radius 3 is 2.83 bits per heavy atom. The maximum atomic E-state index is 13.3. The van der Waals surface area contributed by atoms with Crippen LogP contribution in [0.1, 0.15) is 46.9 Å². The average molecular weight is 333 g/mol. The van der Waals surface area contributed by atoms with Gasteiger partial charge in [-0.05, 0) is 18.9 Å². The summed E-state index contributed by atoms with van der Waals surface area (Å²) >= 11 is 0. The fraction of sp³-hybridized carbons (Fsp3) is 0.357. The summed E-state index contributed by atoms with van der Waals surface area (Å²) in [6.07, 6.45) is 1.80. The van der Waals surface area contributed by atoms with Crippen LogP contribution in [0.3, 0.4) is 0 Å². The number of anilines is 1. The third-order valence-corrected chi connectivity index (χ3v) is 3.92. The molecule has 3 aromatic rings. The Morgan fingerprint density at radius 1 is 1.42 bits per heavy atom. The maximum absolute atomic E-state index is 13.3. The molecular formula is C14H13F2N7O. The second-order valence-corrected chi connectivity index (χ2v) is 5.69. The van der Waals surface area contributed by atoms with Crippen LogP contribution in [0.2, 0.25) is 0 Å². The van der Waals surface area contributed by atoms with Gasteiger partial charge in [-0.1, -0.05) is 0 Å². The van der Waals surface area contributed by atoms with Gasteiger partial charge >= 0.3 is 0 Å². The molecule has 0 bridgehead atoms. The fourth-order valence-electron chi connectivity index (χ4n) is 2.47. The summed E-state index contributed by atoms with van der Waals surface area (Å²) in [7, 11) is 1.67. The molecule has 10 heteroatoms. The van der Waals surface area contributed by atoms with E-state index in [-0.39, 0.29) is 28.8 Å². The van der Waals surface area contributed by atoms with Crippen molar-refractivity contribution in [3.63, 3.8) is 0 Å². The standard InChI is InChI=1S/C14H13F2N7O/c1-22-6-17-21-14(22)20-13(24)8-5-18-23-10(11(15)16)4-9(7-2-3-7)19-12(8)23/h4-7,11H,2-3H2,1H3,(H,20,21,24). The lowest BCUT2D eigenvalue weighted by Crippen LogP contribution is -2.15. The van der Waals surface area contributed by atoms with Gasteiger partial charge in [0.2, 0.25) is 5.95 Å². The fourth-order valence-corrected chi connectivity index (χ4v) is 2.47. The molecule has 4 rings (SSSR count). The summed E-state index contributed by atoms with van der Waals surface area (Å²) in [6, 6.07) is 1.37. The Bertz CT molecular complexity index is 928. The number of hydrogen-bond acceptors (Lipinski definition) is 5. The number of hydrogen-bond donors (Lipinski definition) is 1. The zero-order valence-electron chi connectivity index (χ0n) is 12.6. The summed E-state index contributed by atoms with van der Waals surface area (Å²) in [5, 5.41) is 13.9. The van der Waals surface area contributed by atoms with Gasteiger partial charge in [0, 0.05) is 18.7 Å². The Morgan fingerprint density at radius 2 is 2.21 bits per heavy atom. The largest absolute Gasteiger partial charge is 0.303 e. The van der Waals surface area contributed by atoms with Gasteiger partial charge in [0.05, 0.1) is 6.20 Å². The van der Waals surface area contributed by atoms with E-state index in [9.17, 15) is 13.6 Å². The Kier molecular flexibility index (Phi) is 3.25. The smallest absolute Gasteiger partial charge is 0.280 e. The number of fused-ring (bicyclic) bond motifs is 1. The third-order valence-electron chi connectivity index (χ3n) is 3.92. The minimum absolute atomic E-state index is 0.113. The number of carbonyl (C=O) groups is 1. The number of amides is 1. The van der Waals surface area contributed by atoms with E-state index < -0.39 is 12.3 Å². The number of rotatable bonds is 4. The number of alkyl halides is 2. The van der Waals surface area contributed by atoms with Gasteiger partial charge in [0.1, 0.15) is 17.6 Å². The summed E-state index contributed by atoms with van der Waals surface area (Å²) in [5.41, 5.74) is 0.544. The second kappa shape index (κ2) is 5.32. The van der Waals surface area contributed by atoms with E-state index in [1.165, 1.54) is 23.2 Å². The van der Waals surface area contributed by atoms with Crippen LogP contribution in [0.5, 0.6) is 0 Å². The van der Waals surface area contributed by atoms with E-state index in [2.05, 4.69) is 25.6 Å². The number of aryl methyl sites for hydroxylation is 1. The summed E-state index contributed by atoms with van der Waals surface area (Å²) < 4.78 is 29.2. The highest BCUT2D eigenvalue weighted by Crippen LogP contribution is 2.40. The number of carbonyl (C=O) groups excluding carboxylic acids is 1. The van der Waals surface area contributed by atoms with Crippen LogP contribution in [-0.4, -0.2) is 35.3 Å². The van der Waals surface area contributed by atoms with Crippen molar-refractivity contribution in [2.45, 2.75) is 25.2 Å². The van der Waals surface area contributed by atoms with Gasteiger partial charge < -0.3 is 4.57 Å². The van der Waals surface area contributed by atoms with Gasteiger partial charge in [0.25, 0.3) is 12.3 Å². The van der Waals surface area contributed by atoms with E-state index in [1.54, 1.807) is 7.05 Å². The lowest BCUT2D eigenvalue weighted by molar-refractivity contribution is 0.102. The van der Waals surface area contributed by atoms with Crippen molar-refractivity contribution in [3.05, 3.63) is 35.5 Å². The molecule has 1 amide bonds. The van der Waals surface area contributed by atoms with E-state index in [0.29, 0.717) is 5.69 Å². The first-order valence-electron chi connectivity index (χ1n) is 7.36. The average Bonchev–Trinajstić information content (AvgIpc) is 3.20. The monoisotopic (exact) mass is 333 g/mol. The summed E-state index contributed by atoms with van der Waals surface area (Å²) in [4.78, 5) is 16.8. The van der Waals surface area contributed by atoms with Gasteiger partial charge in [-0.2, -0.15) is 5.10 Å². The normalized spacial score (nSPS) is 14.5. The second-order valence-electron chi connectivity index (χ2n) is 5.69. The predicted octanol–water partition coefficient (Wildman–Crippen LogP) is 1.93. The molecule has 1 aliphatic carbocycles. The first-order chi connectivity index (χ1) is 11.5. The molecule has 3 heterocycles. The lowest BCUT2D eigenvalue weighted by atomic mass is 10.2. The zero-order chi connectivity index (χ0) is 16.8. The van der Waals surface area contributed by atoms with Crippen LogP contribution in [0, 0.1) is 0 Å². The molecule has 1 saturated carbocycles. The Balaban J connectivity index is 1.78. The van der Waals surface area contributed by atoms with Crippen molar-refractivity contribution >= 4 is 17.5 Å². The topological polar surface area (TPSA) is 90.0 Å². The van der Waals surface area contributed by atoms with Gasteiger partial charge in [0.15, 0.2) is 5.65 Å². The number of nitrogens with one attached hydrogen (secondary N) is 1. The molecular weight excluding hydrogens is 320 g/mol. The SMILES string of the molecule is Cn1cnnc1NC(=O)c1cnn2c(C(F)F)cc(C3CC3)nc12. The molecule has 1 fully saturated rings. The first-order valence-corrected chi connectivity index (χ1v) is 7.36. The van der Waals surface area contributed by atoms with Crippen molar-refractivity contribution in [2.75, 3.05) is 5.32 Å². The highest BCUT2D eigenvalue weighted by atomic mass is 19.3. The van der Waals surface area contributed by atoms with E-state index in [4.69, 9.17) is 0 Å². The molecule has 0 aliphatic heterocycles. The molecule has 0 aromatic carbocycles. The third kappa shape index (κ3) is 2.39. The molecule has 3 aromatic heterocycles. The van der Waals surface area contributed by atoms with Gasteiger partial charge in [-0.3, -0.25) is 10.1 Å². The molecule has 0 atom stereocenters. The summed E-state index contributed by atoms with van der Waals surface area (Å²) in [6.45, 7) is 0. The van der Waals surface area contributed by atoms with Gasteiger partial charge in [-0.15, -0.1) is 10.2 Å².